The van der Waals surface area contributed by atoms with E-state index in [1.807, 2.05) is 6.92 Å². The molecular weight excluding hydrogens is 267 g/mol. The maximum Gasteiger partial charge on any atom is 0.227 e. The highest BCUT2D eigenvalue weighted by atomic mass is 35.5. The number of anilines is 1. The average Bonchev–Trinajstić information content (AvgIpc) is 2.26. The molecule has 1 unspecified atom stereocenters. The summed E-state index contributed by atoms with van der Waals surface area (Å²) in [7, 11) is 0. The zero-order valence-corrected chi connectivity index (χ0v) is 11.6. The first kappa shape index (κ1) is 14.3. The lowest BCUT2D eigenvalue weighted by Crippen LogP contribution is -2.75. The number of nitrogens with one attached hydrogen (secondary N) is 1. The summed E-state index contributed by atoms with van der Waals surface area (Å²) in [4.78, 5) is 12.1. The number of nitrogens with two attached hydrogens (primary N) is 1. The summed E-state index contributed by atoms with van der Waals surface area (Å²) in [5.41, 5.74) is 6.79. The van der Waals surface area contributed by atoms with Gasteiger partial charge in [-0.05, 0) is 48.9 Å². The van der Waals surface area contributed by atoms with Crippen LogP contribution in [0.5, 0.6) is 0 Å². The van der Waals surface area contributed by atoms with Crippen molar-refractivity contribution < 1.29 is 9.18 Å². The Morgan fingerprint density at radius 3 is 2.32 bits per heavy atom. The van der Waals surface area contributed by atoms with E-state index in [2.05, 4.69) is 5.32 Å². The van der Waals surface area contributed by atoms with Crippen LogP contribution in [0, 0.1) is 17.2 Å². The van der Waals surface area contributed by atoms with Gasteiger partial charge in [0.15, 0.2) is 0 Å². The molecule has 3 fully saturated rings. The Balaban J connectivity index is 0.00000133. The number of carbonyl (C=O) groups excluding carboxylic acids is 1. The maximum absolute atomic E-state index is 12.8. The van der Waals surface area contributed by atoms with Gasteiger partial charge in [-0.2, -0.15) is 0 Å². The molecule has 3 aliphatic carbocycles. The topological polar surface area (TPSA) is 55.1 Å². The number of amides is 1. The molecule has 4 rings (SSSR count). The Bertz CT molecular complexity index is 483. The van der Waals surface area contributed by atoms with Crippen LogP contribution < -0.4 is 11.1 Å². The van der Waals surface area contributed by atoms with Gasteiger partial charge in [0.25, 0.3) is 0 Å². The Morgan fingerprint density at radius 2 is 1.84 bits per heavy atom. The molecular formula is C14H18ClFN2O. The number of rotatable bonds is 3. The minimum atomic E-state index is -0.300. The molecule has 1 amide bonds. The lowest BCUT2D eigenvalue weighted by molar-refractivity contribution is -0.174. The first-order chi connectivity index (χ1) is 8.42. The number of halogens is 2. The van der Waals surface area contributed by atoms with Crippen molar-refractivity contribution >= 4 is 24.0 Å². The van der Waals surface area contributed by atoms with Crippen LogP contribution in [0.3, 0.4) is 0 Å². The van der Waals surface area contributed by atoms with Gasteiger partial charge in [0.1, 0.15) is 5.82 Å². The van der Waals surface area contributed by atoms with Crippen LogP contribution in [0.25, 0.3) is 0 Å². The van der Waals surface area contributed by atoms with Gasteiger partial charge in [-0.25, -0.2) is 4.39 Å². The predicted molar refractivity (Wildman–Crippen MR) is 74.6 cm³/mol. The van der Waals surface area contributed by atoms with Crippen LogP contribution >= 0.6 is 12.4 Å². The molecule has 0 spiro atoms. The van der Waals surface area contributed by atoms with Crippen molar-refractivity contribution in [2.45, 2.75) is 31.7 Å². The van der Waals surface area contributed by atoms with Crippen LogP contribution in [0.2, 0.25) is 0 Å². The molecule has 104 valence electrons. The molecule has 0 aliphatic heterocycles. The van der Waals surface area contributed by atoms with E-state index in [0.717, 1.165) is 19.3 Å². The zero-order valence-electron chi connectivity index (χ0n) is 10.8. The second-order valence-electron chi connectivity index (χ2n) is 5.97. The lowest BCUT2D eigenvalue weighted by Gasteiger charge is -2.71. The summed E-state index contributed by atoms with van der Waals surface area (Å²) < 4.78 is 12.8. The fourth-order valence-electron chi connectivity index (χ4n) is 3.47. The van der Waals surface area contributed by atoms with E-state index in [4.69, 9.17) is 5.73 Å². The summed E-state index contributed by atoms with van der Waals surface area (Å²) in [5.74, 6) is -0.332. The minimum absolute atomic E-state index is 0. The van der Waals surface area contributed by atoms with Gasteiger partial charge in [-0.3, -0.25) is 4.79 Å². The van der Waals surface area contributed by atoms with Crippen LogP contribution in [0.1, 0.15) is 26.2 Å². The van der Waals surface area contributed by atoms with E-state index in [1.165, 1.54) is 12.1 Å². The highest BCUT2D eigenvalue weighted by molar-refractivity contribution is 5.93. The third-order valence-electron chi connectivity index (χ3n) is 4.54. The molecule has 0 heterocycles. The smallest absolute Gasteiger partial charge is 0.227 e. The third kappa shape index (κ3) is 2.23. The van der Waals surface area contributed by atoms with Gasteiger partial charge in [0.2, 0.25) is 5.91 Å². The summed E-state index contributed by atoms with van der Waals surface area (Å²) >= 11 is 0. The van der Waals surface area contributed by atoms with Crippen molar-refractivity contribution in [1.82, 2.24) is 0 Å². The molecule has 0 aromatic heterocycles. The monoisotopic (exact) mass is 284 g/mol. The lowest BCUT2D eigenvalue weighted by atomic mass is 9.36. The van der Waals surface area contributed by atoms with Crippen LogP contribution in [0.15, 0.2) is 24.3 Å². The number of carbonyl (C=O) groups is 1. The highest BCUT2D eigenvalue weighted by Crippen LogP contribution is 2.69. The van der Waals surface area contributed by atoms with Gasteiger partial charge < -0.3 is 11.1 Å². The number of benzene rings is 1. The van der Waals surface area contributed by atoms with Crippen LogP contribution in [-0.4, -0.2) is 11.4 Å². The minimum Gasteiger partial charge on any atom is -0.326 e. The van der Waals surface area contributed by atoms with E-state index in [9.17, 15) is 9.18 Å². The Labute approximate surface area is 118 Å². The van der Waals surface area contributed by atoms with Crippen molar-refractivity contribution in [2.24, 2.45) is 17.1 Å². The molecule has 3 saturated carbocycles. The van der Waals surface area contributed by atoms with E-state index in [-0.39, 0.29) is 41.0 Å². The number of hydrogen-bond acceptors (Lipinski definition) is 2. The maximum atomic E-state index is 12.8. The predicted octanol–water partition coefficient (Wildman–Crippen LogP) is 2.70. The molecule has 19 heavy (non-hydrogen) atoms. The summed E-state index contributed by atoms with van der Waals surface area (Å²) in [6, 6.07) is 5.84. The first-order valence-electron chi connectivity index (χ1n) is 6.28. The first-order valence-corrected chi connectivity index (χ1v) is 6.28. The summed E-state index contributed by atoms with van der Waals surface area (Å²) in [6.45, 7) is 1.96. The fraction of sp³-hybridized carbons (Fsp3) is 0.500. The molecule has 2 bridgehead atoms. The van der Waals surface area contributed by atoms with Crippen molar-refractivity contribution in [1.29, 1.82) is 0 Å². The molecule has 5 heteroatoms. The van der Waals surface area contributed by atoms with E-state index in [1.54, 1.807) is 12.1 Å². The molecule has 3 nitrogen and oxygen atoms in total. The quantitative estimate of drug-likeness (QED) is 0.897. The zero-order chi connectivity index (χ0) is 13.0. The van der Waals surface area contributed by atoms with E-state index in [0.29, 0.717) is 5.69 Å². The standard InChI is InChI=1S/C14H17FN2O.ClH/c1-9(13-6-14(16,7-13)8-13)12(18)17-11-4-2-10(15)3-5-11;/h2-5,9H,6-8,16H2,1H3,(H,17,18);1H. The molecule has 1 aromatic carbocycles. The molecule has 1 aromatic rings. The second-order valence-corrected chi connectivity index (χ2v) is 5.97. The van der Waals surface area contributed by atoms with Gasteiger partial charge >= 0.3 is 0 Å². The molecule has 1 atom stereocenters. The Kier molecular flexibility index (Phi) is 3.35. The van der Waals surface area contributed by atoms with Gasteiger partial charge in [0, 0.05) is 17.1 Å². The molecule has 3 aliphatic rings. The van der Waals surface area contributed by atoms with Crippen molar-refractivity contribution in [2.75, 3.05) is 5.32 Å². The molecule has 0 saturated heterocycles. The average molecular weight is 285 g/mol. The van der Waals surface area contributed by atoms with E-state index >= 15 is 0 Å². The molecule has 3 N–H and O–H groups in total. The number of hydrogen-bond donors (Lipinski definition) is 2. The van der Waals surface area contributed by atoms with Gasteiger partial charge in [-0.15, -0.1) is 12.4 Å². The van der Waals surface area contributed by atoms with E-state index < -0.39 is 0 Å². The Morgan fingerprint density at radius 1 is 1.32 bits per heavy atom. The molecule has 0 radical (unpaired) electrons. The van der Waals surface area contributed by atoms with Crippen LogP contribution in [-0.2, 0) is 4.79 Å². The normalized spacial score (nSPS) is 32.4. The summed E-state index contributed by atoms with van der Waals surface area (Å²) in [6.07, 6.45) is 2.87. The summed E-state index contributed by atoms with van der Waals surface area (Å²) in [5, 5.41) is 2.83. The Hall–Kier alpha value is -1.13. The van der Waals surface area contributed by atoms with Crippen LogP contribution in [0.4, 0.5) is 10.1 Å². The fourth-order valence-corrected chi connectivity index (χ4v) is 3.47. The third-order valence-corrected chi connectivity index (χ3v) is 4.54. The SMILES string of the molecule is CC(C(=O)Nc1ccc(F)cc1)C12CC(N)(C1)C2.Cl. The van der Waals surface area contributed by atoms with Gasteiger partial charge in [0.05, 0.1) is 0 Å². The highest BCUT2D eigenvalue weighted by Gasteiger charge is 2.68. The van der Waals surface area contributed by atoms with Crippen molar-refractivity contribution in [3.8, 4) is 0 Å². The second kappa shape index (κ2) is 4.46. The van der Waals surface area contributed by atoms with Gasteiger partial charge in [-0.1, -0.05) is 6.92 Å². The largest absolute Gasteiger partial charge is 0.326 e. The van der Waals surface area contributed by atoms with Crippen molar-refractivity contribution in [3.63, 3.8) is 0 Å². The van der Waals surface area contributed by atoms with Crippen molar-refractivity contribution in [3.05, 3.63) is 30.1 Å².